The lowest BCUT2D eigenvalue weighted by atomic mass is 9.79. The fraction of sp³-hybridized carbons (Fsp3) is 0.750. The maximum atomic E-state index is 13.5. The van der Waals surface area contributed by atoms with Gasteiger partial charge in [0.05, 0.1) is 0 Å². The van der Waals surface area contributed by atoms with Crippen LogP contribution in [0.3, 0.4) is 0 Å². The van der Waals surface area contributed by atoms with Gasteiger partial charge in [-0.2, -0.15) is 0 Å². The predicted octanol–water partition coefficient (Wildman–Crippen LogP) is 7.52. The van der Waals surface area contributed by atoms with Crippen LogP contribution < -0.4 is 16.0 Å². The van der Waals surface area contributed by atoms with Crippen molar-refractivity contribution in [3.8, 4) is 0 Å². The highest BCUT2D eigenvalue weighted by atomic mass is 16.2. The molecule has 0 saturated heterocycles. The molecule has 4 rings (SSSR count). The summed E-state index contributed by atoms with van der Waals surface area (Å²) in [6, 6.07) is 5.43. The van der Waals surface area contributed by atoms with Crippen LogP contribution in [0, 0.1) is 35.5 Å². The molecule has 0 spiro atoms. The largest absolute Gasteiger partial charge is 0.349 e. The normalized spacial score (nSPS) is 28.5. The summed E-state index contributed by atoms with van der Waals surface area (Å²) in [4.78, 5) is 40.4. The minimum atomic E-state index is -0.193. The van der Waals surface area contributed by atoms with Crippen LogP contribution in [-0.2, 0) is 0 Å². The lowest BCUT2D eigenvalue weighted by Gasteiger charge is -2.32. The summed E-state index contributed by atoms with van der Waals surface area (Å²) in [6.07, 6.45) is 12.6. The first-order chi connectivity index (χ1) is 20.0. The Labute approximate surface area is 254 Å². The van der Waals surface area contributed by atoms with E-state index in [1.807, 2.05) is 0 Å². The summed E-state index contributed by atoms with van der Waals surface area (Å²) < 4.78 is 0. The highest BCUT2D eigenvalue weighted by Gasteiger charge is 2.28. The van der Waals surface area contributed by atoms with E-state index in [0.29, 0.717) is 52.2 Å². The molecule has 0 aliphatic heterocycles. The molecule has 0 atom stereocenters. The first-order valence-corrected chi connectivity index (χ1v) is 17.1. The van der Waals surface area contributed by atoms with Gasteiger partial charge in [-0.15, -0.1) is 0 Å². The summed E-state index contributed by atoms with van der Waals surface area (Å²) in [5, 5.41) is 9.65. The Morgan fingerprint density at radius 3 is 0.857 bits per heavy atom. The fourth-order valence-corrected chi connectivity index (χ4v) is 7.62. The highest BCUT2D eigenvalue weighted by Crippen LogP contribution is 2.32. The minimum absolute atomic E-state index is 0.134. The SMILES string of the molecule is CC(C)C1CCC(NC(=O)c2cc(C(=O)NC3CCC(C(C)C)CC3)cc(C(=O)NC3CCC(C(C)C)CC3)c2)CC1. The molecule has 3 fully saturated rings. The monoisotopic (exact) mass is 579 g/mol. The Bertz CT molecular complexity index is 911. The first kappa shape index (κ1) is 32.5. The van der Waals surface area contributed by atoms with E-state index in [4.69, 9.17) is 0 Å². The van der Waals surface area contributed by atoms with Crippen molar-refractivity contribution >= 4 is 17.7 Å². The van der Waals surface area contributed by atoms with Gasteiger partial charge in [0.15, 0.2) is 0 Å². The van der Waals surface area contributed by atoms with Gasteiger partial charge >= 0.3 is 0 Å². The Balaban J connectivity index is 1.46. The van der Waals surface area contributed by atoms with E-state index in [0.717, 1.165) is 77.0 Å². The van der Waals surface area contributed by atoms with Crippen molar-refractivity contribution in [3.05, 3.63) is 34.9 Å². The molecule has 42 heavy (non-hydrogen) atoms. The number of hydrogen-bond donors (Lipinski definition) is 3. The average Bonchev–Trinajstić information content (AvgIpc) is 2.97. The van der Waals surface area contributed by atoms with Crippen molar-refractivity contribution in [3.63, 3.8) is 0 Å². The van der Waals surface area contributed by atoms with Crippen LogP contribution in [0.15, 0.2) is 18.2 Å². The molecule has 3 aliphatic rings. The predicted molar refractivity (Wildman–Crippen MR) is 171 cm³/mol. The Kier molecular flexibility index (Phi) is 11.5. The zero-order valence-corrected chi connectivity index (χ0v) is 27.1. The Hall–Kier alpha value is -2.37. The van der Waals surface area contributed by atoms with E-state index in [-0.39, 0.29) is 35.8 Å². The second kappa shape index (κ2) is 14.9. The van der Waals surface area contributed by atoms with Crippen LogP contribution in [0.25, 0.3) is 0 Å². The Morgan fingerprint density at radius 1 is 0.452 bits per heavy atom. The summed E-state index contributed by atoms with van der Waals surface area (Å²) in [5.74, 6) is 3.56. The van der Waals surface area contributed by atoms with Crippen molar-refractivity contribution < 1.29 is 14.4 Å². The quantitative estimate of drug-likeness (QED) is 0.283. The van der Waals surface area contributed by atoms with Gasteiger partial charge in [0, 0.05) is 34.8 Å². The second-order valence-electron chi connectivity index (χ2n) is 14.8. The highest BCUT2D eigenvalue weighted by molar-refractivity contribution is 6.04. The maximum absolute atomic E-state index is 13.5. The zero-order chi connectivity index (χ0) is 30.4. The zero-order valence-electron chi connectivity index (χ0n) is 27.1. The topological polar surface area (TPSA) is 87.3 Å². The van der Waals surface area contributed by atoms with E-state index in [9.17, 15) is 14.4 Å². The molecule has 6 nitrogen and oxygen atoms in total. The molecule has 1 aromatic rings. The van der Waals surface area contributed by atoms with Gasteiger partial charge in [-0.1, -0.05) is 41.5 Å². The number of carbonyl (C=O) groups is 3. The van der Waals surface area contributed by atoms with E-state index < -0.39 is 0 Å². The third-order valence-corrected chi connectivity index (χ3v) is 10.9. The van der Waals surface area contributed by atoms with Crippen LogP contribution >= 0.6 is 0 Å². The van der Waals surface area contributed by atoms with Gasteiger partial charge in [0.25, 0.3) is 17.7 Å². The molecule has 0 heterocycles. The van der Waals surface area contributed by atoms with Gasteiger partial charge in [-0.05, 0) is 131 Å². The number of carbonyl (C=O) groups excluding carboxylic acids is 3. The molecule has 3 aliphatic carbocycles. The molecule has 0 bridgehead atoms. The van der Waals surface area contributed by atoms with Gasteiger partial charge < -0.3 is 16.0 Å². The average molecular weight is 580 g/mol. The summed E-state index contributed by atoms with van der Waals surface area (Å²) in [6.45, 7) is 13.7. The summed E-state index contributed by atoms with van der Waals surface area (Å²) in [7, 11) is 0. The second-order valence-corrected chi connectivity index (χ2v) is 14.8. The molecule has 1 aromatic carbocycles. The molecular weight excluding hydrogens is 522 g/mol. The molecular formula is C36H57N3O3. The van der Waals surface area contributed by atoms with Crippen LogP contribution in [0.2, 0.25) is 0 Å². The molecule has 0 unspecified atom stereocenters. The van der Waals surface area contributed by atoms with Crippen molar-refractivity contribution in [2.24, 2.45) is 35.5 Å². The lowest BCUT2D eigenvalue weighted by Crippen LogP contribution is -2.40. The molecule has 6 heteroatoms. The van der Waals surface area contributed by atoms with Gasteiger partial charge in [-0.3, -0.25) is 14.4 Å². The number of benzene rings is 1. The first-order valence-electron chi connectivity index (χ1n) is 17.1. The minimum Gasteiger partial charge on any atom is -0.349 e. The van der Waals surface area contributed by atoms with Gasteiger partial charge in [0.2, 0.25) is 0 Å². The lowest BCUT2D eigenvalue weighted by molar-refractivity contribution is 0.0917. The van der Waals surface area contributed by atoms with E-state index in [2.05, 4.69) is 57.5 Å². The maximum Gasteiger partial charge on any atom is 0.251 e. The number of nitrogens with one attached hydrogen (secondary N) is 3. The Morgan fingerprint density at radius 2 is 0.667 bits per heavy atom. The smallest absolute Gasteiger partial charge is 0.251 e. The number of amides is 3. The third kappa shape index (κ3) is 8.83. The molecule has 3 amide bonds. The molecule has 0 radical (unpaired) electrons. The number of rotatable bonds is 9. The van der Waals surface area contributed by atoms with Crippen LogP contribution in [0.5, 0.6) is 0 Å². The van der Waals surface area contributed by atoms with Crippen molar-refractivity contribution in [2.45, 2.75) is 137 Å². The van der Waals surface area contributed by atoms with Crippen molar-refractivity contribution in [2.75, 3.05) is 0 Å². The standard InChI is InChI=1S/C36H57N3O3/c1-22(2)25-7-13-31(14-8-25)37-34(40)28-19-29(35(41)38-32-15-9-26(10-16-32)23(3)4)21-30(20-28)36(42)39-33-17-11-27(12-18-33)24(5)6/h19-27,31-33H,7-18H2,1-6H3,(H,37,40)(H,38,41)(H,39,42). The van der Waals surface area contributed by atoms with Crippen LogP contribution in [0.4, 0.5) is 0 Å². The van der Waals surface area contributed by atoms with E-state index in [1.165, 1.54) is 0 Å². The summed E-state index contributed by atoms with van der Waals surface area (Å²) >= 11 is 0. The van der Waals surface area contributed by atoms with Gasteiger partial charge in [0.1, 0.15) is 0 Å². The summed E-state index contributed by atoms with van der Waals surface area (Å²) in [5.41, 5.74) is 1.18. The van der Waals surface area contributed by atoms with Crippen LogP contribution in [0.1, 0.15) is 150 Å². The number of hydrogen-bond acceptors (Lipinski definition) is 3. The van der Waals surface area contributed by atoms with Crippen molar-refractivity contribution in [1.29, 1.82) is 0 Å². The van der Waals surface area contributed by atoms with E-state index >= 15 is 0 Å². The van der Waals surface area contributed by atoms with E-state index in [1.54, 1.807) is 18.2 Å². The third-order valence-electron chi connectivity index (χ3n) is 10.9. The fourth-order valence-electron chi connectivity index (χ4n) is 7.62. The van der Waals surface area contributed by atoms with Crippen LogP contribution in [-0.4, -0.2) is 35.8 Å². The van der Waals surface area contributed by atoms with Gasteiger partial charge in [-0.25, -0.2) is 0 Å². The molecule has 3 N–H and O–H groups in total. The molecule has 0 aromatic heterocycles. The molecule has 3 saturated carbocycles. The van der Waals surface area contributed by atoms with Crippen molar-refractivity contribution in [1.82, 2.24) is 16.0 Å². The molecule has 234 valence electrons.